The van der Waals surface area contributed by atoms with Crippen molar-refractivity contribution in [3.05, 3.63) is 62.8 Å². The number of fused-ring (bicyclic) bond motifs is 1. The first-order valence-electron chi connectivity index (χ1n) is 5.80. The zero-order valence-corrected chi connectivity index (χ0v) is 10.4. The Morgan fingerprint density at radius 2 is 1.52 bits per heavy atom. The molecule has 0 atom stereocenters. The van der Waals surface area contributed by atoms with Crippen molar-refractivity contribution in [1.82, 2.24) is 14.6 Å². The molecule has 9 nitrogen and oxygen atoms in total. The lowest BCUT2D eigenvalue weighted by molar-refractivity contribution is -0.385. The Balaban J connectivity index is 2.04. The van der Waals surface area contributed by atoms with E-state index in [2.05, 4.69) is 10.1 Å². The van der Waals surface area contributed by atoms with E-state index in [1.807, 2.05) is 0 Å². The van der Waals surface area contributed by atoms with Gasteiger partial charge in [-0.3, -0.25) is 20.2 Å². The third-order valence-corrected chi connectivity index (χ3v) is 2.86. The van der Waals surface area contributed by atoms with Crippen LogP contribution in [-0.4, -0.2) is 24.4 Å². The van der Waals surface area contributed by atoms with Crippen LogP contribution < -0.4 is 0 Å². The van der Waals surface area contributed by atoms with Gasteiger partial charge in [0, 0.05) is 23.8 Å². The maximum atomic E-state index is 10.7. The van der Waals surface area contributed by atoms with Crippen LogP contribution in [0.3, 0.4) is 0 Å². The number of hydrogen-bond acceptors (Lipinski definition) is 6. The van der Waals surface area contributed by atoms with Gasteiger partial charge < -0.3 is 0 Å². The maximum absolute atomic E-state index is 10.7. The predicted molar refractivity (Wildman–Crippen MR) is 71.7 cm³/mol. The summed E-state index contributed by atoms with van der Waals surface area (Å²) in [4.78, 5) is 24.5. The average molecular weight is 285 g/mol. The molecule has 0 amide bonds. The zero-order valence-electron chi connectivity index (χ0n) is 10.4. The Bertz CT molecular complexity index is 856. The summed E-state index contributed by atoms with van der Waals surface area (Å²) >= 11 is 0. The minimum absolute atomic E-state index is 0.0295. The van der Waals surface area contributed by atoms with Crippen molar-refractivity contribution in [2.24, 2.45) is 0 Å². The van der Waals surface area contributed by atoms with E-state index < -0.39 is 9.85 Å². The van der Waals surface area contributed by atoms with E-state index in [4.69, 9.17) is 0 Å². The van der Waals surface area contributed by atoms with E-state index in [-0.39, 0.29) is 11.4 Å². The molecule has 0 aliphatic rings. The lowest BCUT2D eigenvalue weighted by Gasteiger charge is -1.94. The normalized spacial score (nSPS) is 10.7. The summed E-state index contributed by atoms with van der Waals surface area (Å²) in [5.74, 6) is 0.338. The summed E-state index contributed by atoms with van der Waals surface area (Å²) in [6.07, 6.45) is 1.26. The molecule has 0 aliphatic carbocycles. The molecule has 0 spiro atoms. The fraction of sp³-hybridized carbons (Fsp3) is 0. The molecule has 21 heavy (non-hydrogen) atoms. The van der Waals surface area contributed by atoms with Crippen LogP contribution in [0, 0.1) is 20.2 Å². The van der Waals surface area contributed by atoms with Crippen LogP contribution in [0.4, 0.5) is 11.4 Å². The molecule has 0 fully saturated rings. The molecule has 3 aromatic rings. The molecular formula is C12H7N5O4. The summed E-state index contributed by atoms with van der Waals surface area (Å²) in [6.45, 7) is 0. The van der Waals surface area contributed by atoms with Crippen LogP contribution in [0.1, 0.15) is 0 Å². The highest BCUT2D eigenvalue weighted by Crippen LogP contribution is 2.21. The molecule has 104 valence electrons. The van der Waals surface area contributed by atoms with Crippen molar-refractivity contribution in [2.75, 3.05) is 0 Å². The maximum Gasteiger partial charge on any atom is 0.287 e. The predicted octanol–water partition coefficient (Wildman–Crippen LogP) is 2.21. The van der Waals surface area contributed by atoms with E-state index in [9.17, 15) is 20.2 Å². The molecule has 0 saturated carbocycles. The van der Waals surface area contributed by atoms with Gasteiger partial charge in [0.1, 0.15) is 6.20 Å². The van der Waals surface area contributed by atoms with Crippen molar-refractivity contribution in [3.63, 3.8) is 0 Å². The van der Waals surface area contributed by atoms with E-state index >= 15 is 0 Å². The highest BCUT2D eigenvalue weighted by atomic mass is 16.6. The van der Waals surface area contributed by atoms with Gasteiger partial charge in [-0.2, -0.15) is 0 Å². The van der Waals surface area contributed by atoms with Gasteiger partial charge in [-0.05, 0) is 18.2 Å². The third kappa shape index (κ3) is 2.27. The number of nitrogens with zero attached hydrogens (tertiary/aromatic N) is 5. The fourth-order valence-corrected chi connectivity index (χ4v) is 1.83. The molecule has 0 N–H and O–H groups in total. The summed E-state index contributed by atoms with van der Waals surface area (Å²) < 4.78 is 1.30. The Morgan fingerprint density at radius 1 is 0.905 bits per heavy atom. The van der Waals surface area contributed by atoms with Gasteiger partial charge in [0.2, 0.25) is 0 Å². The summed E-state index contributed by atoms with van der Waals surface area (Å²) in [7, 11) is 0. The van der Waals surface area contributed by atoms with Gasteiger partial charge in [-0.15, -0.1) is 5.10 Å². The molecule has 0 saturated heterocycles. The number of aromatic nitrogens is 3. The summed E-state index contributed by atoms with van der Waals surface area (Å²) in [5.41, 5.74) is 0.918. The van der Waals surface area contributed by atoms with Crippen LogP contribution in [-0.2, 0) is 0 Å². The van der Waals surface area contributed by atoms with Crippen molar-refractivity contribution in [2.45, 2.75) is 0 Å². The first kappa shape index (κ1) is 12.7. The summed E-state index contributed by atoms with van der Waals surface area (Å²) in [5, 5.41) is 25.4. The highest BCUT2D eigenvalue weighted by Gasteiger charge is 2.12. The van der Waals surface area contributed by atoms with E-state index in [0.717, 1.165) is 0 Å². The lowest BCUT2D eigenvalue weighted by Crippen LogP contribution is -1.93. The number of nitro groups is 2. The Morgan fingerprint density at radius 3 is 2.14 bits per heavy atom. The molecule has 0 radical (unpaired) electrons. The second-order valence-corrected chi connectivity index (χ2v) is 4.19. The zero-order chi connectivity index (χ0) is 15.0. The molecule has 0 aliphatic heterocycles. The van der Waals surface area contributed by atoms with Gasteiger partial charge in [-0.1, -0.05) is 0 Å². The van der Waals surface area contributed by atoms with Crippen molar-refractivity contribution in [1.29, 1.82) is 0 Å². The molecular weight excluding hydrogens is 278 g/mol. The van der Waals surface area contributed by atoms with Gasteiger partial charge in [-0.25, -0.2) is 9.50 Å². The molecule has 0 unspecified atom stereocenters. The van der Waals surface area contributed by atoms with Crippen molar-refractivity contribution >= 4 is 17.0 Å². The van der Waals surface area contributed by atoms with Crippen molar-refractivity contribution in [3.8, 4) is 11.4 Å². The van der Waals surface area contributed by atoms with E-state index in [1.165, 1.54) is 47.1 Å². The molecule has 2 heterocycles. The smallest absolute Gasteiger partial charge is 0.258 e. The molecule has 1 aromatic carbocycles. The number of hydrogen-bond donors (Lipinski definition) is 0. The van der Waals surface area contributed by atoms with Crippen LogP contribution in [0.2, 0.25) is 0 Å². The number of pyridine rings is 1. The van der Waals surface area contributed by atoms with Gasteiger partial charge >= 0.3 is 0 Å². The second-order valence-electron chi connectivity index (χ2n) is 4.19. The van der Waals surface area contributed by atoms with Crippen LogP contribution in [0.5, 0.6) is 0 Å². The number of non-ortho nitro benzene ring substituents is 1. The van der Waals surface area contributed by atoms with Crippen LogP contribution in [0.25, 0.3) is 17.0 Å². The first-order chi connectivity index (χ1) is 10.0. The monoisotopic (exact) mass is 285 g/mol. The van der Waals surface area contributed by atoms with Crippen LogP contribution >= 0.6 is 0 Å². The third-order valence-electron chi connectivity index (χ3n) is 2.86. The van der Waals surface area contributed by atoms with Crippen LogP contribution in [0.15, 0.2) is 42.6 Å². The lowest BCUT2D eigenvalue weighted by atomic mass is 10.2. The topological polar surface area (TPSA) is 116 Å². The number of rotatable bonds is 3. The second kappa shape index (κ2) is 4.63. The van der Waals surface area contributed by atoms with E-state index in [0.29, 0.717) is 17.0 Å². The van der Waals surface area contributed by atoms with Gasteiger partial charge in [0.25, 0.3) is 11.4 Å². The summed E-state index contributed by atoms with van der Waals surface area (Å²) in [6, 6.07) is 8.58. The quantitative estimate of drug-likeness (QED) is 0.538. The molecule has 9 heteroatoms. The number of nitro benzene ring substituents is 1. The first-order valence-corrected chi connectivity index (χ1v) is 5.80. The van der Waals surface area contributed by atoms with Crippen molar-refractivity contribution < 1.29 is 9.85 Å². The van der Waals surface area contributed by atoms with Gasteiger partial charge in [0.15, 0.2) is 11.5 Å². The van der Waals surface area contributed by atoms with E-state index in [1.54, 1.807) is 0 Å². The highest BCUT2D eigenvalue weighted by molar-refractivity contribution is 5.60. The number of benzene rings is 1. The molecule has 3 rings (SSSR count). The van der Waals surface area contributed by atoms with Gasteiger partial charge in [0.05, 0.1) is 9.85 Å². The molecule has 0 bridgehead atoms. The Labute approximate surface area is 116 Å². The molecule has 2 aromatic heterocycles. The SMILES string of the molecule is O=[N+]([O-])c1ccc(-c2nc3ccc([N+](=O)[O-])cn3n2)cc1. The average Bonchev–Trinajstić information content (AvgIpc) is 2.90. The minimum Gasteiger partial charge on any atom is -0.258 e. The standard InChI is InChI=1S/C12H7N5O4/c18-16(19)9-3-1-8(2-4-9)12-13-11-6-5-10(17(20)21)7-15(11)14-12/h1-7H. The fourth-order valence-electron chi connectivity index (χ4n) is 1.83. The Kier molecular flexibility index (Phi) is 2.79. The minimum atomic E-state index is -0.521. The Hall–Kier alpha value is -3.36. The largest absolute Gasteiger partial charge is 0.287 e.